The fourth-order valence-electron chi connectivity index (χ4n) is 3.76. The summed E-state index contributed by atoms with van der Waals surface area (Å²) in [7, 11) is 0. The van der Waals surface area contributed by atoms with E-state index in [0.29, 0.717) is 6.42 Å². The first kappa shape index (κ1) is 19.6. The van der Waals surface area contributed by atoms with Gasteiger partial charge >= 0.3 is 5.97 Å². The molecule has 5 aromatic rings. The average Bonchev–Trinajstić information content (AvgIpc) is 3.23. The predicted molar refractivity (Wildman–Crippen MR) is 124 cm³/mol. The maximum absolute atomic E-state index is 11.1. The lowest BCUT2D eigenvalue weighted by molar-refractivity contribution is 0.0697. The first-order valence-electron chi connectivity index (χ1n) is 10.3. The Hall–Kier alpha value is -4.32. The molecule has 6 nitrogen and oxygen atoms in total. The van der Waals surface area contributed by atoms with Crippen molar-refractivity contribution >= 4 is 16.9 Å². The molecule has 0 saturated carbocycles. The van der Waals surface area contributed by atoms with Crippen molar-refractivity contribution < 1.29 is 9.90 Å². The molecule has 0 unspecified atom stereocenters. The SMILES string of the molecule is Cc1cccc(-c2[nH]c(Cc3ccc(C(=O)O)cc3)nc2-c2ccc3ncccc3c2)n1. The van der Waals surface area contributed by atoms with Crippen LogP contribution in [0, 0.1) is 6.92 Å². The number of fused-ring (bicyclic) bond motifs is 1. The third-order valence-corrected chi connectivity index (χ3v) is 5.35. The summed E-state index contributed by atoms with van der Waals surface area (Å²) < 4.78 is 0. The molecule has 0 saturated heterocycles. The highest BCUT2D eigenvalue weighted by Crippen LogP contribution is 2.31. The summed E-state index contributed by atoms with van der Waals surface area (Å²) >= 11 is 0. The fraction of sp³-hybridized carbons (Fsp3) is 0.0769. The van der Waals surface area contributed by atoms with Gasteiger partial charge in [0.1, 0.15) is 5.82 Å². The van der Waals surface area contributed by atoms with Crippen LogP contribution in [0.4, 0.5) is 0 Å². The van der Waals surface area contributed by atoms with Crippen LogP contribution in [0.25, 0.3) is 33.5 Å². The zero-order valence-corrected chi connectivity index (χ0v) is 17.4. The number of benzene rings is 2. The van der Waals surface area contributed by atoms with E-state index in [1.165, 1.54) is 0 Å². The Morgan fingerprint density at radius 2 is 1.81 bits per heavy atom. The Kier molecular flexibility index (Phi) is 4.95. The Balaban J connectivity index is 1.59. The molecule has 156 valence electrons. The molecule has 0 radical (unpaired) electrons. The number of nitrogens with one attached hydrogen (secondary N) is 1. The third-order valence-electron chi connectivity index (χ3n) is 5.35. The highest BCUT2D eigenvalue weighted by Gasteiger charge is 2.16. The van der Waals surface area contributed by atoms with Gasteiger partial charge in [0.25, 0.3) is 0 Å². The van der Waals surface area contributed by atoms with E-state index in [1.807, 2.05) is 61.5 Å². The third kappa shape index (κ3) is 3.86. The molecule has 3 aromatic heterocycles. The van der Waals surface area contributed by atoms with Gasteiger partial charge in [-0.3, -0.25) is 9.97 Å². The maximum Gasteiger partial charge on any atom is 0.335 e. The lowest BCUT2D eigenvalue weighted by Crippen LogP contribution is -1.97. The molecule has 2 N–H and O–H groups in total. The smallest absolute Gasteiger partial charge is 0.335 e. The number of pyridine rings is 2. The summed E-state index contributed by atoms with van der Waals surface area (Å²) in [5.41, 5.74) is 6.58. The van der Waals surface area contributed by atoms with Crippen LogP contribution in [0.3, 0.4) is 0 Å². The van der Waals surface area contributed by atoms with E-state index in [4.69, 9.17) is 15.1 Å². The van der Waals surface area contributed by atoms with Crippen molar-refractivity contribution in [2.75, 3.05) is 0 Å². The van der Waals surface area contributed by atoms with Gasteiger partial charge in [0.05, 0.1) is 28.2 Å². The molecule has 0 fully saturated rings. The number of carbonyl (C=O) groups is 1. The van der Waals surface area contributed by atoms with Gasteiger partial charge in [0.15, 0.2) is 0 Å². The number of aromatic carboxylic acids is 1. The first-order valence-corrected chi connectivity index (χ1v) is 10.3. The zero-order valence-electron chi connectivity index (χ0n) is 17.4. The lowest BCUT2D eigenvalue weighted by Gasteiger charge is -2.05. The second kappa shape index (κ2) is 8.07. The van der Waals surface area contributed by atoms with E-state index in [0.717, 1.165) is 50.6 Å². The number of hydrogen-bond donors (Lipinski definition) is 2. The van der Waals surface area contributed by atoms with Crippen molar-refractivity contribution in [2.24, 2.45) is 0 Å². The maximum atomic E-state index is 11.1. The van der Waals surface area contributed by atoms with E-state index < -0.39 is 5.97 Å². The van der Waals surface area contributed by atoms with Crippen LogP contribution in [0.1, 0.15) is 27.4 Å². The number of nitrogens with zero attached hydrogens (tertiary/aromatic N) is 3. The summed E-state index contributed by atoms with van der Waals surface area (Å²) in [5, 5.41) is 10.2. The number of aromatic amines is 1. The van der Waals surface area contributed by atoms with Crippen LogP contribution >= 0.6 is 0 Å². The Morgan fingerprint density at radius 3 is 2.59 bits per heavy atom. The topological polar surface area (TPSA) is 91.8 Å². The van der Waals surface area contributed by atoms with Gasteiger partial charge in [0, 0.05) is 29.3 Å². The standard InChI is InChI=1S/C26H20N4O2/c1-16-4-2-6-22(28-16)25-24(20-11-12-21-19(15-20)5-3-13-27-21)29-23(30-25)14-17-7-9-18(10-8-17)26(31)32/h2-13,15H,14H2,1H3,(H,29,30)(H,31,32). The lowest BCUT2D eigenvalue weighted by atomic mass is 10.1. The zero-order chi connectivity index (χ0) is 22.1. The number of aromatic nitrogens is 4. The number of carboxylic acid groups (broad SMARTS) is 1. The summed E-state index contributed by atoms with van der Waals surface area (Å²) in [6.45, 7) is 1.96. The summed E-state index contributed by atoms with van der Waals surface area (Å²) in [6, 6.07) is 22.8. The molecule has 2 aromatic carbocycles. The molecule has 0 aliphatic heterocycles. The van der Waals surface area contributed by atoms with Crippen molar-refractivity contribution in [1.29, 1.82) is 0 Å². The van der Waals surface area contributed by atoms with Crippen molar-refractivity contribution in [3.05, 3.63) is 102 Å². The average molecular weight is 420 g/mol. The number of rotatable bonds is 5. The fourth-order valence-corrected chi connectivity index (χ4v) is 3.76. The Morgan fingerprint density at radius 1 is 0.969 bits per heavy atom. The minimum atomic E-state index is -0.935. The molecule has 6 heteroatoms. The van der Waals surface area contributed by atoms with Crippen LogP contribution in [0.2, 0.25) is 0 Å². The van der Waals surface area contributed by atoms with Crippen molar-refractivity contribution in [2.45, 2.75) is 13.3 Å². The van der Waals surface area contributed by atoms with E-state index in [9.17, 15) is 4.79 Å². The van der Waals surface area contributed by atoms with Crippen LogP contribution in [-0.4, -0.2) is 31.0 Å². The molecule has 3 heterocycles. The van der Waals surface area contributed by atoms with Gasteiger partial charge in [-0.25, -0.2) is 9.78 Å². The normalized spacial score (nSPS) is 11.0. The quantitative estimate of drug-likeness (QED) is 0.403. The molecule has 0 amide bonds. The number of imidazole rings is 1. The molecule has 0 bridgehead atoms. The van der Waals surface area contributed by atoms with Gasteiger partial charge < -0.3 is 10.1 Å². The van der Waals surface area contributed by atoms with Crippen molar-refractivity contribution in [3.8, 4) is 22.6 Å². The highest BCUT2D eigenvalue weighted by molar-refractivity contribution is 5.88. The van der Waals surface area contributed by atoms with Gasteiger partial charge in [-0.2, -0.15) is 0 Å². The molecule has 32 heavy (non-hydrogen) atoms. The van der Waals surface area contributed by atoms with E-state index in [2.05, 4.69) is 16.0 Å². The summed E-state index contributed by atoms with van der Waals surface area (Å²) in [4.78, 5) is 28.6. The monoisotopic (exact) mass is 420 g/mol. The second-order valence-corrected chi connectivity index (χ2v) is 7.66. The van der Waals surface area contributed by atoms with Crippen molar-refractivity contribution in [3.63, 3.8) is 0 Å². The molecule has 0 atom stereocenters. The molecule has 0 aliphatic carbocycles. The van der Waals surface area contributed by atoms with E-state index in [-0.39, 0.29) is 5.56 Å². The first-order chi connectivity index (χ1) is 15.6. The van der Waals surface area contributed by atoms with E-state index >= 15 is 0 Å². The minimum absolute atomic E-state index is 0.267. The number of carboxylic acids is 1. The second-order valence-electron chi connectivity index (χ2n) is 7.66. The van der Waals surface area contributed by atoms with Gasteiger partial charge in [-0.05, 0) is 55.0 Å². The molecule has 0 spiro atoms. The van der Waals surface area contributed by atoms with Gasteiger partial charge in [0.2, 0.25) is 0 Å². The van der Waals surface area contributed by atoms with Crippen molar-refractivity contribution in [1.82, 2.24) is 19.9 Å². The Labute approximate surface area is 184 Å². The highest BCUT2D eigenvalue weighted by atomic mass is 16.4. The predicted octanol–water partition coefficient (Wildman–Crippen LogP) is 5.28. The van der Waals surface area contributed by atoms with Crippen LogP contribution < -0.4 is 0 Å². The van der Waals surface area contributed by atoms with Crippen LogP contribution in [0.15, 0.2) is 79.0 Å². The molecule has 5 rings (SSSR count). The molecule has 0 aliphatic rings. The van der Waals surface area contributed by atoms with Crippen LogP contribution in [0.5, 0.6) is 0 Å². The number of H-pyrrole nitrogens is 1. The summed E-state index contributed by atoms with van der Waals surface area (Å²) in [6.07, 6.45) is 2.33. The molecular weight excluding hydrogens is 400 g/mol. The minimum Gasteiger partial charge on any atom is -0.478 e. The Bertz CT molecular complexity index is 1440. The molecular formula is C26H20N4O2. The largest absolute Gasteiger partial charge is 0.478 e. The number of aryl methyl sites for hydroxylation is 1. The van der Waals surface area contributed by atoms with Gasteiger partial charge in [-0.1, -0.05) is 30.3 Å². The van der Waals surface area contributed by atoms with Crippen LogP contribution in [-0.2, 0) is 6.42 Å². The van der Waals surface area contributed by atoms with Gasteiger partial charge in [-0.15, -0.1) is 0 Å². The number of hydrogen-bond acceptors (Lipinski definition) is 4. The van der Waals surface area contributed by atoms with E-state index in [1.54, 1.807) is 18.3 Å². The summed E-state index contributed by atoms with van der Waals surface area (Å²) in [5.74, 6) is -0.150.